The fourth-order valence-electron chi connectivity index (χ4n) is 6.09. The Balaban J connectivity index is 0.00000306. The molecule has 2 aliphatic carbocycles. The molecule has 1 aliphatic heterocycles. The number of hydrogen-bond acceptors (Lipinski definition) is 2. The zero-order valence-corrected chi connectivity index (χ0v) is 22.1. The molecular weight excluding hydrogens is 456 g/mol. The van der Waals surface area contributed by atoms with Crippen molar-refractivity contribution in [1.29, 1.82) is 0 Å². The van der Waals surface area contributed by atoms with E-state index in [0.717, 1.165) is 12.8 Å². The van der Waals surface area contributed by atoms with Gasteiger partial charge in [0.15, 0.2) is 0 Å². The Morgan fingerprint density at radius 2 is 1.39 bits per heavy atom. The van der Waals surface area contributed by atoms with Gasteiger partial charge in [-0.05, 0) is 11.0 Å². The van der Waals surface area contributed by atoms with Crippen molar-refractivity contribution in [2.24, 2.45) is 5.92 Å². The van der Waals surface area contributed by atoms with Crippen LogP contribution in [0.3, 0.4) is 0 Å². The Bertz CT molecular complexity index is 791. The third kappa shape index (κ3) is 6.86. The summed E-state index contributed by atoms with van der Waals surface area (Å²) < 4.78 is 4.13. The first-order valence-electron chi connectivity index (χ1n) is 13.4. The van der Waals surface area contributed by atoms with Crippen LogP contribution in [0, 0.1) is 5.92 Å². The fourth-order valence-corrected chi connectivity index (χ4v) is 10.2. The zero-order valence-electron chi connectivity index (χ0n) is 20.5. The molecule has 1 heterocycles. The van der Waals surface area contributed by atoms with Crippen LogP contribution in [0.5, 0.6) is 0 Å². The molecule has 1 aromatic rings. The number of allylic oxidation sites excluding steroid dienone is 1. The van der Waals surface area contributed by atoms with Gasteiger partial charge < -0.3 is 0 Å². The average Bonchev–Trinajstić information content (AvgIpc) is 3.42. The molecule has 3 aliphatic rings. The van der Waals surface area contributed by atoms with E-state index in [2.05, 4.69) is 49.5 Å². The first-order chi connectivity index (χ1) is 15.6. The van der Waals surface area contributed by atoms with Crippen molar-refractivity contribution in [1.82, 2.24) is 8.70 Å². The topological polar surface area (TPSA) is 32.3 Å². The molecule has 1 unspecified atom stereocenters. The van der Waals surface area contributed by atoms with Gasteiger partial charge in [0.25, 0.3) is 0 Å². The molecule has 0 bridgehead atoms. The molecule has 1 amide bonds. The first-order valence-corrected chi connectivity index (χ1v) is 18.2. The number of carbonyl (C=O) groups excluding carboxylic acids is 1. The summed E-state index contributed by atoms with van der Waals surface area (Å²) in [6, 6.07) is 8.97. The first kappa shape index (κ1) is 26.8. The van der Waals surface area contributed by atoms with Crippen LogP contribution in [0.15, 0.2) is 30.3 Å². The normalized spacial score (nSPS) is 23.0. The predicted molar refractivity (Wildman–Crippen MR) is 143 cm³/mol. The number of nitrogens with one attached hydrogen (secondary N) is 1. The Kier molecular flexibility index (Phi) is 10.3. The largest absolute Gasteiger partial charge is 0.0149 e. The molecule has 33 heavy (non-hydrogen) atoms. The number of fused-ring (bicyclic) bond motifs is 1. The Hall–Kier alpha value is -0.839. The molecule has 0 aromatic heterocycles. The number of hydrogen-bond donors (Lipinski definition) is 1. The zero-order chi connectivity index (χ0) is 22.4. The molecule has 4 rings (SSSR count). The summed E-state index contributed by atoms with van der Waals surface area (Å²) in [7, 11) is 0. The van der Waals surface area contributed by atoms with Gasteiger partial charge in [-0.15, -0.1) is 0 Å². The molecule has 1 saturated heterocycles. The molecule has 0 radical (unpaired) electrons. The number of nitrogens with zero attached hydrogens (tertiary/aromatic N) is 1. The predicted octanol–water partition coefficient (Wildman–Crippen LogP) is 5.93. The van der Waals surface area contributed by atoms with E-state index in [1.54, 1.807) is 0 Å². The van der Waals surface area contributed by atoms with Crippen molar-refractivity contribution in [3.8, 4) is 0 Å². The Morgan fingerprint density at radius 3 is 2.00 bits per heavy atom. The summed E-state index contributed by atoms with van der Waals surface area (Å²) in [6.45, 7) is 2.35. The van der Waals surface area contributed by atoms with Crippen molar-refractivity contribution >= 4 is 22.6 Å². The van der Waals surface area contributed by atoms with E-state index in [1.165, 1.54) is 101 Å². The maximum absolute atomic E-state index is 13.5. The number of benzene rings is 1. The van der Waals surface area contributed by atoms with E-state index in [9.17, 15) is 4.79 Å². The van der Waals surface area contributed by atoms with Gasteiger partial charge in [0.05, 0.1) is 0 Å². The van der Waals surface area contributed by atoms with Gasteiger partial charge in [0, 0.05) is 0 Å². The van der Waals surface area contributed by atoms with Gasteiger partial charge in [-0.25, -0.2) is 0 Å². The quantitative estimate of drug-likeness (QED) is 0.516. The van der Waals surface area contributed by atoms with Crippen molar-refractivity contribution in [3.63, 3.8) is 0 Å². The number of carbonyl (C=O) groups is 1. The van der Waals surface area contributed by atoms with Crippen molar-refractivity contribution < 1.29 is 21.6 Å². The van der Waals surface area contributed by atoms with Crippen LogP contribution in [0.25, 0.3) is 5.70 Å². The third-order valence-corrected chi connectivity index (χ3v) is 12.6. The molecule has 184 valence electrons. The van der Waals surface area contributed by atoms with Crippen molar-refractivity contribution in [2.45, 2.75) is 98.2 Å². The van der Waals surface area contributed by atoms with Crippen molar-refractivity contribution in [3.05, 3.63) is 41.5 Å². The van der Waals surface area contributed by atoms with Crippen molar-refractivity contribution in [2.75, 3.05) is 13.1 Å². The molecule has 1 N–H and O–H groups in total. The Labute approximate surface area is 210 Å². The summed E-state index contributed by atoms with van der Waals surface area (Å²) >= 11 is -2.64. The maximum atomic E-state index is 13.5. The molecule has 1 aromatic carbocycles. The van der Waals surface area contributed by atoms with Gasteiger partial charge in [-0.3, -0.25) is 0 Å². The SMILES string of the molecule is [CH3][Ti]([CH3])([NH]C(=O)C1CCCCCCCCCCC1)[CH]1C=C(N2CCCC2)c2ccccc21.[SiH4]. The third-order valence-electron chi connectivity index (χ3n) is 8.04. The van der Waals surface area contributed by atoms with Crippen LogP contribution in [-0.2, 0) is 21.6 Å². The number of likely N-dealkylation sites (tertiary alicyclic amines) is 1. The van der Waals surface area contributed by atoms with Gasteiger partial charge in [-0.2, -0.15) is 0 Å². The monoisotopic (exact) mass is 504 g/mol. The second-order valence-corrected chi connectivity index (χ2v) is 17.7. The molecule has 5 heteroatoms. The van der Waals surface area contributed by atoms with Crippen LogP contribution < -0.4 is 3.80 Å². The van der Waals surface area contributed by atoms with E-state index in [1.807, 2.05) is 0 Å². The van der Waals surface area contributed by atoms with E-state index < -0.39 is 16.8 Å². The summed E-state index contributed by atoms with van der Waals surface area (Å²) in [5, 5.41) is 4.83. The van der Waals surface area contributed by atoms with Gasteiger partial charge >= 0.3 is 201 Å². The van der Waals surface area contributed by atoms with Crippen LogP contribution in [0.4, 0.5) is 0 Å². The van der Waals surface area contributed by atoms with Crippen LogP contribution in [0.1, 0.15) is 98.8 Å². The molecule has 1 saturated carbocycles. The van der Waals surface area contributed by atoms with E-state index in [0.29, 0.717) is 10.1 Å². The van der Waals surface area contributed by atoms with E-state index in [-0.39, 0.29) is 16.9 Å². The van der Waals surface area contributed by atoms with Crippen LogP contribution in [0.2, 0.25) is 10.5 Å². The number of amides is 1. The van der Waals surface area contributed by atoms with E-state index >= 15 is 0 Å². The van der Waals surface area contributed by atoms with Gasteiger partial charge in [0.1, 0.15) is 0 Å². The standard InChI is InChI=1S/C13H25NO.C13H14N.2CH3.H4Si.Ti/c14-13(15)12-10-8-6-4-2-1-3-5-7-9-11-12;1-2-6-12-11(5-1)7-8-13(12)14-9-3-4-10-14;;;;/h12H,1-11H2,(H2,14,15);1-2,5-8H,3-4,9-10H2;2*1H3;1H4;/q;;;;;+1/p-1. The minimum atomic E-state index is -2.64. The molecule has 0 spiro atoms. The van der Waals surface area contributed by atoms with Gasteiger partial charge in [-0.1, -0.05) is 0 Å². The second-order valence-electron chi connectivity index (χ2n) is 11.0. The maximum Gasteiger partial charge on any atom is -0.0149 e. The minimum absolute atomic E-state index is 0. The molecular formula is C28H48N2OSiTi. The summed E-state index contributed by atoms with van der Waals surface area (Å²) in [6.07, 6.45) is 19.2. The van der Waals surface area contributed by atoms with Gasteiger partial charge in [0.2, 0.25) is 0 Å². The summed E-state index contributed by atoms with van der Waals surface area (Å²) in [5.41, 5.74) is 4.30. The molecule has 1 atom stereocenters. The van der Waals surface area contributed by atoms with Crippen LogP contribution >= 0.6 is 0 Å². The summed E-state index contributed by atoms with van der Waals surface area (Å²) in [5.74, 6) is 0.588. The summed E-state index contributed by atoms with van der Waals surface area (Å²) in [4.78, 5) is 16.1. The second kappa shape index (κ2) is 12.7. The molecule has 3 nitrogen and oxygen atoms in total. The van der Waals surface area contributed by atoms with E-state index in [4.69, 9.17) is 0 Å². The van der Waals surface area contributed by atoms with Crippen LogP contribution in [-0.4, -0.2) is 34.9 Å². The fraction of sp³-hybridized carbons (Fsp3) is 0.679. The smallest absolute Gasteiger partial charge is 0.0149 e. The Morgan fingerprint density at radius 1 is 0.848 bits per heavy atom. The minimum Gasteiger partial charge on any atom is -0.0149 e. The molecule has 2 fully saturated rings. The average molecular weight is 505 g/mol. The number of rotatable bonds is 4.